The van der Waals surface area contributed by atoms with Crippen LogP contribution in [0.15, 0.2) is 18.2 Å². The van der Waals surface area contributed by atoms with Gasteiger partial charge >= 0.3 is 6.09 Å². The highest BCUT2D eigenvalue weighted by Gasteiger charge is 2.32. The number of hydrogen-bond acceptors (Lipinski definition) is 5. The summed E-state index contributed by atoms with van der Waals surface area (Å²) in [5, 5.41) is 8.90. The van der Waals surface area contributed by atoms with Crippen LogP contribution >= 0.6 is 0 Å². The number of piperazine rings is 1. The molecule has 1 aromatic carbocycles. The van der Waals surface area contributed by atoms with Crippen molar-refractivity contribution < 1.29 is 23.8 Å². The Hall–Kier alpha value is -2.35. The lowest BCUT2D eigenvalue weighted by Gasteiger charge is -2.36. The highest BCUT2D eigenvalue weighted by Crippen LogP contribution is 2.29. The Labute approximate surface area is 145 Å². The third kappa shape index (κ3) is 3.53. The normalized spacial score (nSPS) is 20.8. The Morgan fingerprint density at radius 2 is 2.04 bits per heavy atom. The molecule has 136 valence electrons. The van der Waals surface area contributed by atoms with E-state index in [0.717, 1.165) is 6.42 Å². The molecule has 0 bridgehead atoms. The zero-order valence-electron chi connectivity index (χ0n) is 14.2. The number of benzene rings is 1. The Morgan fingerprint density at radius 1 is 1.32 bits per heavy atom. The van der Waals surface area contributed by atoms with E-state index in [4.69, 9.17) is 9.84 Å². The van der Waals surface area contributed by atoms with Gasteiger partial charge in [0.2, 0.25) is 5.91 Å². The minimum atomic E-state index is -0.506. The fraction of sp³-hybridized carbons (Fsp3) is 0.529. The zero-order chi connectivity index (χ0) is 18.0. The number of rotatable bonds is 4. The highest BCUT2D eigenvalue weighted by atomic mass is 19.1. The lowest BCUT2D eigenvalue weighted by Crippen LogP contribution is -2.49. The number of aliphatic hydroxyl groups is 1. The molecule has 0 saturated carbocycles. The van der Waals surface area contributed by atoms with Gasteiger partial charge in [0.1, 0.15) is 18.5 Å². The van der Waals surface area contributed by atoms with Crippen molar-refractivity contribution in [3.05, 3.63) is 24.0 Å². The van der Waals surface area contributed by atoms with Gasteiger partial charge in [-0.05, 0) is 24.6 Å². The van der Waals surface area contributed by atoms with Crippen molar-refractivity contribution in [3.63, 3.8) is 0 Å². The summed E-state index contributed by atoms with van der Waals surface area (Å²) in [6.45, 7) is 3.72. The molecule has 2 heterocycles. The van der Waals surface area contributed by atoms with E-state index in [0.29, 0.717) is 44.1 Å². The molecule has 1 N–H and O–H groups in total. The summed E-state index contributed by atoms with van der Waals surface area (Å²) in [7, 11) is 0. The average molecular weight is 351 g/mol. The molecule has 1 aromatic rings. The molecule has 0 unspecified atom stereocenters. The molecule has 2 fully saturated rings. The standard InChI is InChI=1S/C17H22FN3O4/c1-2-13-10-21(17(24)25-13)12-3-4-15(14(18)9-12)19-5-7-20(8-6-19)16(23)11-22/h3-4,9,13,22H,2,5-8,10-11H2,1H3/t13-/m0/s1. The van der Waals surface area contributed by atoms with E-state index in [2.05, 4.69) is 0 Å². The number of carbonyl (C=O) groups is 2. The molecule has 2 saturated heterocycles. The summed E-state index contributed by atoms with van der Waals surface area (Å²) in [4.78, 5) is 28.2. The van der Waals surface area contributed by atoms with Gasteiger partial charge in [0, 0.05) is 26.2 Å². The van der Waals surface area contributed by atoms with Gasteiger partial charge in [-0.1, -0.05) is 6.92 Å². The Morgan fingerprint density at radius 3 is 2.60 bits per heavy atom. The van der Waals surface area contributed by atoms with Gasteiger partial charge in [0.05, 0.1) is 17.9 Å². The molecule has 8 heteroatoms. The molecular formula is C17H22FN3O4. The first kappa shape index (κ1) is 17.5. The van der Waals surface area contributed by atoms with E-state index >= 15 is 0 Å². The Kier molecular flexibility index (Phi) is 5.08. The summed E-state index contributed by atoms with van der Waals surface area (Å²) in [6, 6.07) is 4.71. The summed E-state index contributed by atoms with van der Waals surface area (Å²) >= 11 is 0. The maximum absolute atomic E-state index is 14.6. The molecule has 0 radical (unpaired) electrons. The number of carbonyl (C=O) groups excluding carboxylic acids is 2. The van der Waals surface area contributed by atoms with Crippen molar-refractivity contribution in [3.8, 4) is 0 Å². The van der Waals surface area contributed by atoms with Crippen LogP contribution in [-0.2, 0) is 9.53 Å². The van der Waals surface area contributed by atoms with E-state index in [9.17, 15) is 14.0 Å². The van der Waals surface area contributed by atoms with Gasteiger partial charge in [-0.15, -0.1) is 0 Å². The number of cyclic esters (lactones) is 1. The fourth-order valence-corrected chi connectivity index (χ4v) is 3.16. The third-order valence-electron chi connectivity index (χ3n) is 4.68. The lowest BCUT2D eigenvalue weighted by atomic mass is 10.2. The highest BCUT2D eigenvalue weighted by molar-refractivity contribution is 5.90. The van der Waals surface area contributed by atoms with Gasteiger partial charge in [-0.3, -0.25) is 9.69 Å². The molecule has 2 aliphatic heterocycles. The van der Waals surface area contributed by atoms with Crippen molar-refractivity contribution in [1.29, 1.82) is 0 Å². The molecule has 0 aliphatic carbocycles. The van der Waals surface area contributed by atoms with Gasteiger partial charge in [0.25, 0.3) is 0 Å². The monoisotopic (exact) mass is 351 g/mol. The van der Waals surface area contributed by atoms with Gasteiger partial charge in [-0.2, -0.15) is 0 Å². The second-order valence-corrected chi connectivity index (χ2v) is 6.19. The number of amides is 2. The fourth-order valence-electron chi connectivity index (χ4n) is 3.16. The van der Waals surface area contributed by atoms with Gasteiger partial charge < -0.3 is 19.6 Å². The smallest absolute Gasteiger partial charge is 0.414 e. The zero-order valence-corrected chi connectivity index (χ0v) is 14.2. The van der Waals surface area contributed by atoms with Crippen LogP contribution in [0.25, 0.3) is 0 Å². The quantitative estimate of drug-likeness (QED) is 0.882. The summed E-state index contributed by atoms with van der Waals surface area (Å²) < 4.78 is 19.8. The minimum Gasteiger partial charge on any atom is -0.444 e. The van der Waals surface area contributed by atoms with E-state index in [1.165, 1.54) is 11.0 Å². The largest absolute Gasteiger partial charge is 0.444 e. The summed E-state index contributed by atoms with van der Waals surface area (Å²) in [6.07, 6.45) is 0.113. The van der Waals surface area contributed by atoms with Crippen LogP contribution in [0.3, 0.4) is 0 Å². The van der Waals surface area contributed by atoms with Gasteiger partial charge in [0.15, 0.2) is 0 Å². The van der Waals surface area contributed by atoms with Crippen molar-refractivity contribution in [2.45, 2.75) is 19.4 Å². The van der Waals surface area contributed by atoms with E-state index < -0.39 is 18.5 Å². The molecule has 2 amide bonds. The van der Waals surface area contributed by atoms with Crippen molar-refractivity contribution in [2.75, 3.05) is 49.1 Å². The van der Waals surface area contributed by atoms with Crippen LogP contribution in [0.1, 0.15) is 13.3 Å². The van der Waals surface area contributed by atoms with E-state index in [1.807, 2.05) is 11.8 Å². The first-order valence-corrected chi connectivity index (χ1v) is 8.44. The second-order valence-electron chi connectivity index (χ2n) is 6.19. The van der Waals surface area contributed by atoms with Crippen LogP contribution in [0.4, 0.5) is 20.6 Å². The average Bonchev–Trinajstić information content (AvgIpc) is 3.02. The molecule has 25 heavy (non-hydrogen) atoms. The SMILES string of the molecule is CC[C@H]1CN(c2ccc(N3CCN(C(=O)CO)CC3)c(F)c2)C(=O)O1. The number of halogens is 1. The number of aliphatic hydroxyl groups excluding tert-OH is 1. The lowest BCUT2D eigenvalue weighted by molar-refractivity contribution is -0.134. The predicted molar refractivity (Wildman–Crippen MR) is 90.2 cm³/mol. The third-order valence-corrected chi connectivity index (χ3v) is 4.68. The maximum Gasteiger partial charge on any atom is 0.414 e. The second kappa shape index (κ2) is 7.26. The summed E-state index contributed by atoms with van der Waals surface area (Å²) in [5.41, 5.74) is 0.927. The maximum atomic E-state index is 14.6. The number of ether oxygens (including phenoxy) is 1. The van der Waals surface area contributed by atoms with Crippen LogP contribution < -0.4 is 9.80 Å². The number of hydrogen-bond donors (Lipinski definition) is 1. The Bertz CT molecular complexity index is 661. The van der Waals surface area contributed by atoms with Crippen LogP contribution in [0.5, 0.6) is 0 Å². The topological polar surface area (TPSA) is 73.3 Å². The molecule has 3 rings (SSSR count). The van der Waals surface area contributed by atoms with E-state index in [1.54, 1.807) is 17.0 Å². The predicted octanol–water partition coefficient (Wildman–Crippen LogP) is 1.20. The minimum absolute atomic E-state index is 0.160. The summed E-state index contributed by atoms with van der Waals surface area (Å²) in [5.74, 6) is -0.722. The molecule has 0 aromatic heterocycles. The van der Waals surface area contributed by atoms with Crippen LogP contribution in [0.2, 0.25) is 0 Å². The van der Waals surface area contributed by atoms with Crippen LogP contribution in [0, 0.1) is 5.82 Å². The van der Waals surface area contributed by atoms with Crippen LogP contribution in [-0.4, -0.2) is 67.4 Å². The Balaban J connectivity index is 1.69. The molecule has 1 atom stereocenters. The molecule has 0 spiro atoms. The molecule has 2 aliphatic rings. The molecular weight excluding hydrogens is 329 g/mol. The van der Waals surface area contributed by atoms with Crippen molar-refractivity contribution in [1.82, 2.24) is 4.90 Å². The number of anilines is 2. The van der Waals surface area contributed by atoms with Gasteiger partial charge in [-0.25, -0.2) is 9.18 Å². The number of nitrogens with zero attached hydrogens (tertiary/aromatic N) is 3. The van der Waals surface area contributed by atoms with Crippen molar-refractivity contribution >= 4 is 23.4 Å². The van der Waals surface area contributed by atoms with Crippen molar-refractivity contribution in [2.24, 2.45) is 0 Å². The molecule has 7 nitrogen and oxygen atoms in total. The van der Waals surface area contributed by atoms with E-state index in [-0.39, 0.29) is 12.0 Å². The first-order valence-electron chi connectivity index (χ1n) is 8.44. The first-order chi connectivity index (χ1) is 12.0.